The van der Waals surface area contributed by atoms with E-state index >= 15 is 0 Å². The Morgan fingerprint density at radius 2 is 2.05 bits per heavy atom. The highest BCUT2D eigenvalue weighted by atomic mass is 32.1. The van der Waals surface area contributed by atoms with Gasteiger partial charge in [0.25, 0.3) is 0 Å². The molecule has 0 fully saturated rings. The van der Waals surface area contributed by atoms with Crippen LogP contribution in [-0.2, 0) is 11.2 Å². The van der Waals surface area contributed by atoms with Crippen molar-refractivity contribution in [2.45, 2.75) is 12.8 Å². The van der Waals surface area contributed by atoms with Crippen LogP contribution in [0.15, 0.2) is 35.7 Å². The molecule has 4 nitrogen and oxygen atoms in total. The predicted molar refractivity (Wildman–Crippen MR) is 87.4 cm³/mol. The molecule has 2 rings (SSSR count). The number of aromatic nitrogens is 1. The Labute approximate surface area is 129 Å². The monoisotopic (exact) mass is 303 g/mol. The lowest BCUT2D eigenvalue weighted by atomic mass is 10.2. The molecule has 112 valence electrons. The van der Waals surface area contributed by atoms with Gasteiger partial charge in [0, 0.05) is 30.5 Å². The highest BCUT2D eigenvalue weighted by Gasteiger charge is 2.07. The smallest absolute Gasteiger partial charge is 0.220 e. The number of benzene rings is 1. The van der Waals surface area contributed by atoms with Crippen LogP contribution in [0.25, 0.3) is 10.6 Å². The molecule has 1 heterocycles. The van der Waals surface area contributed by atoms with Crippen LogP contribution < -0.4 is 5.32 Å². The summed E-state index contributed by atoms with van der Waals surface area (Å²) in [4.78, 5) is 18.4. The molecular formula is C16H21N3OS. The van der Waals surface area contributed by atoms with Crippen molar-refractivity contribution >= 4 is 17.2 Å². The molecule has 1 N–H and O–H groups in total. The maximum atomic E-state index is 11.7. The first-order chi connectivity index (χ1) is 10.1. The molecule has 0 saturated heterocycles. The number of nitrogens with one attached hydrogen (secondary N) is 1. The van der Waals surface area contributed by atoms with Crippen molar-refractivity contribution in [3.05, 3.63) is 41.4 Å². The number of carbonyl (C=O) groups is 1. The van der Waals surface area contributed by atoms with Gasteiger partial charge in [0.2, 0.25) is 5.91 Å². The number of thiazole rings is 1. The van der Waals surface area contributed by atoms with Crippen molar-refractivity contribution in [3.8, 4) is 10.6 Å². The highest BCUT2D eigenvalue weighted by Crippen LogP contribution is 2.23. The third-order valence-electron chi connectivity index (χ3n) is 3.06. The van der Waals surface area contributed by atoms with Gasteiger partial charge in [-0.1, -0.05) is 30.3 Å². The largest absolute Gasteiger partial charge is 0.355 e. The maximum absolute atomic E-state index is 11.7. The van der Waals surface area contributed by atoms with Gasteiger partial charge in [0.15, 0.2) is 0 Å². The number of rotatable bonds is 7. The SMILES string of the molecule is CN(C)CCNC(=O)CCc1csc(-c2ccccc2)n1. The molecule has 2 aromatic rings. The van der Waals surface area contributed by atoms with E-state index in [1.165, 1.54) is 0 Å². The Hall–Kier alpha value is -1.72. The summed E-state index contributed by atoms with van der Waals surface area (Å²) in [6.07, 6.45) is 1.18. The van der Waals surface area contributed by atoms with Crippen LogP contribution in [0.4, 0.5) is 0 Å². The van der Waals surface area contributed by atoms with E-state index in [0.29, 0.717) is 19.4 Å². The van der Waals surface area contributed by atoms with Crippen LogP contribution >= 0.6 is 11.3 Å². The van der Waals surface area contributed by atoms with Gasteiger partial charge in [-0.2, -0.15) is 0 Å². The third kappa shape index (κ3) is 5.28. The fourth-order valence-corrected chi connectivity index (χ4v) is 2.74. The number of hydrogen-bond donors (Lipinski definition) is 1. The summed E-state index contributed by atoms with van der Waals surface area (Å²) in [6.45, 7) is 1.55. The van der Waals surface area contributed by atoms with Gasteiger partial charge in [-0.3, -0.25) is 4.79 Å². The Kier molecular flexibility index (Phi) is 5.90. The minimum Gasteiger partial charge on any atom is -0.355 e. The summed E-state index contributed by atoms with van der Waals surface area (Å²) >= 11 is 1.63. The fraction of sp³-hybridized carbons (Fsp3) is 0.375. The zero-order valence-corrected chi connectivity index (χ0v) is 13.3. The third-order valence-corrected chi connectivity index (χ3v) is 4.00. The van der Waals surface area contributed by atoms with Gasteiger partial charge in [-0.15, -0.1) is 11.3 Å². The number of carbonyl (C=O) groups excluding carboxylic acids is 1. The predicted octanol–water partition coefficient (Wildman–Crippen LogP) is 2.42. The molecule has 1 aromatic heterocycles. The molecule has 1 amide bonds. The van der Waals surface area contributed by atoms with Crippen molar-refractivity contribution in [2.75, 3.05) is 27.2 Å². The minimum absolute atomic E-state index is 0.0890. The number of hydrogen-bond acceptors (Lipinski definition) is 4. The molecule has 0 aliphatic heterocycles. The Bertz CT molecular complexity index is 566. The van der Waals surface area contributed by atoms with Crippen LogP contribution in [0.2, 0.25) is 0 Å². The van der Waals surface area contributed by atoms with Crippen LogP contribution in [0.1, 0.15) is 12.1 Å². The van der Waals surface area contributed by atoms with E-state index in [-0.39, 0.29) is 5.91 Å². The van der Waals surface area contributed by atoms with Gasteiger partial charge >= 0.3 is 0 Å². The van der Waals surface area contributed by atoms with Gasteiger partial charge in [-0.25, -0.2) is 4.98 Å². The number of likely N-dealkylation sites (N-methyl/N-ethyl adjacent to an activating group) is 1. The maximum Gasteiger partial charge on any atom is 0.220 e. The summed E-state index contributed by atoms with van der Waals surface area (Å²) in [5.74, 6) is 0.0890. The molecule has 0 saturated carbocycles. The fourth-order valence-electron chi connectivity index (χ4n) is 1.88. The number of aryl methyl sites for hydroxylation is 1. The quantitative estimate of drug-likeness (QED) is 0.854. The van der Waals surface area contributed by atoms with Crippen molar-refractivity contribution in [3.63, 3.8) is 0 Å². The number of nitrogens with zero attached hydrogens (tertiary/aromatic N) is 2. The molecule has 5 heteroatoms. The lowest BCUT2D eigenvalue weighted by Crippen LogP contribution is -2.31. The van der Waals surface area contributed by atoms with E-state index in [0.717, 1.165) is 22.8 Å². The van der Waals surface area contributed by atoms with Gasteiger partial charge in [-0.05, 0) is 20.5 Å². The lowest BCUT2D eigenvalue weighted by molar-refractivity contribution is -0.121. The average molecular weight is 303 g/mol. The summed E-state index contributed by atoms with van der Waals surface area (Å²) in [7, 11) is 3.99. The first kappa shape index (κ1) is 15.7. The van der Waals surface area contributed by atoms with E-state index in [9.17, 15) is 4.79 Å². The average Bonchev–Trinajstić information content (AvgIpc) is 2.94. The molecule has 0 spiro atoms. The van der Waals surface area contributed by atoms with E-state index in [1.54, 1.807) is 11.3 Å². The first-order valence-corrected chi connectivity index (χ1v) is 7.94. The Morgan fingerprint density at radius 1 is 1.29 bits per heavy atom. The lowest BCUT2D eigenvalue weighted by Gasteiger charge is -2.09. The zero-order chi connectivity index (χ0) is 15.1. The van der Waals surface area contributed by atoms with Crippen molar-refractivity contribution < 1.29 is 4.79 Å². The molecule has 0 radical (unpaired) electrons. The normalized spacial score (nSPS) is 10.8. The Balaban J connectivity index is 1.79. The summed E-state index contributed by atoms with van der Waals surface area (Å²) in [5, 5.41) is 5.97. The van der Waals surface area contributed by atoms with E-state index in [4.69, 9.17) is 0 Å². The standard InChI is InChI=1S/C16H21N3OS/c1-19(2)11-10-17-15(20)9-8-14-12-21-16(18-14)13-6-4-3-5-7-13/h3-7,12H,8-11H2,1-2H3,(H,17,20). The van der Waals surface area contributed by atoms with Crippen molar-refractivity contribution in [1.82, 2.24) is 15.2 Å². The molecule has 1 aromatic carbocycles. The van der Waals surface area contributed by atoms with Crippen LogP contribution in [0.3, 0.4) is 0 Å². The molecule has 0 unspecified atom stereocenters. The summed E-state index contributed by atoms with van der Waals surface area (Å²) in [5.41, 5.74) is 2.12. The second-order valence-corrected chi connectivity index (χ2v) is 6.02. The van der Waals surface area contributed by atoms with Gasteiger partial charge in [0.1, 0.15) is 5.01 Å². The Morgan fingerprint density at radius 3 is 2.76 bits per heavy atom. The highest BCUT2D eigenvalue weighted by molar-refractivity contribution is 7.13. The second kappa shape index (κ2) is 7.90. The molecule has 0 atom stereocenters. The number of amides is 1. The van der Waals surface area contributed by atoms with Crippen LogP contribution in [-0.4, -0.2) is 43.0 Å². The molecule has 21 heavy (non-hydrogen) atoms. The van der Waals surface area contributed by atoms with Gasteiger partial charge in [0.05, 0.1) is 5.69 Å². The van der Waals surface area contributed by atoms with E-state index in [2.05, 4.69) is 22.4 Å². The van der Waals surface area contributed by atoms with E-state index in [1.807, 2.05) is 42.6 Å². The summed E-state index contributed by atoms with van der Waals surface area (Å²) < 4.78 is 0. The van der Waals surface area contributed by atoms with Crippen LogP contribution in [0.5, 0.6) is 0 Å². The second-order valence-electron chi connectivity index (χ2n) is 5.16. The molecular weight excluding hydrogens is 282 g/mol. The minimum atomic E-state index is 0.0890. The first-order valence-electron chi connectivity index (χ1n) is 7.06. The van der Waals surface area contributed by atoms with Gasteiger partial charge < -0.3 is 10.2 Å². The molecule has 0 bridgehead atoms. The van der Waals surface area contributed by atoms with Crippen molar-refractivity contribution in [2.24, 2.45) is 0 Å². The van der Waals surface area contributed by atoms with Crippen molar-refractivity contribution in [1.29, 1.82) is 0 Å². The van der Waals surface area contributed by atoms with E-state index < -0.39 is 0 Å². The topological polar surface area (TPSA) is 45.2 Å². The molecule has 0 aliphatic carbocycles. The van der Waals surface area contributed by atoms with Crippen LogP contribution in [0, 0.1) is 0 Å². The molecule has 0 aliphatic rings. The zero-order valence-electron chi connectivity index (χ0n) is 12.5. The summed E-state index contributed by atoms with van der Waals surface area (Å²) in [6, 6.07) is 10.1.